The molecule has 6 rings (SSSR count). The number of aromatic nitrogens is 6. The number of ether oxygens (including phenoxy) is 1. The lowest BCUT2D eigenvalue weighted by Gasteiger charge is -2.17. The molecule has 0 saturated heterocycles. The van der Waals surface area contributed by atoms with Crippen LogP contribution in [0.1, 0.15) is 23.5 Å². The van der Waals surface area contributed by atoms with E-state index >= 15 is 0 Å². The van der Waals surface area contributed by atoms with Gasteiger partial charge in [0.1, 0.15) is 5.82 Å². The molecule has 2 aromatic carbocycles. The maximum Gasteiger partial charge on any atom is 0.411 e. The smallest absolute Gasteiger partial charge is 0.411 e. The molecule has 40 heavy (non-hydrogen) atoms. The van der Waals surface area contributed by atoms with Crippen molar-refractivity contribution in [3.8, 4) is 28.1 Å². The Balaban J connectivity index is 1.34. The van der Waals surface area contributed by atoms with E-state index < -0.39 is 11.7 Å². The number of carbonyl (C=O) groups is 1. The number of halogens is 2. The topological polar surface area (TPSA) is 142 Å². The number of nitrogens with one attached hydrogen (secondary N) is 2. The van der Waals surface area contributed by atoms with E-state index in [1.54, 1.807) is 54.9 Å². The van der Waals surface area contributed by atoms with Crippen LogP contribution in [0.25, 0.3) is 28.1 Å². The summed E-state index contributed by atoms with van der Waals surface area (Å²) in [7, 11) is 1.29. The summed E-state index contributed by atoms with van der Waals surface area (Å²) in [6.07, 6.45) is 4.95. The number of H-pyrrole nitrogens is 1. The van der Waals surface area contributed by atoms with Crippen LogP contribution in [0.5, 0.6) is 0 Å². The molecule has 0 unspecified atom stereocenters. The minimum Gasteiger partial charge on any atom is -0.453 e. The summed E-state index contributed by atoms with van der Waals surface area (Å²) in [5, 5.41) is 34.1. The summed E-state index contributed by atoms with van der Waals surface area (Å²) in [5.41, 5.74) is 3.58. The molecule has 4 N–H and O–H groups in total. The number of anilines is 1. The molecule has 1 aliphatic rings. The van der Waals surface area contributed by atoms with E-state index in [0.29, 0.717) is 57.6 Å². The molecule has 0 radical (unpaired) electrons. The third-order valence-corrected chi connectivity index (χ3v) is 7.26. The second kappa shape index (κ2) is 9.94. The van der Waals surface area contributed by atoms with Crippen LogP contribution >= 0.6 is 23.2 Å². The molecule has 1 amide bonds. The normalized spacial score (nSPS) is 16.1. The number of rotatable bonds is 5. The number of amides is 1. The number of hydrogen-bond acceptors (Lipinski definition) is 7. The summed E-state index contributed by atoms with van der Waals surface area (Å²) in [4.78, 5) is 19.1. The largest absolute Gasteiger partial charge is 0.453 e. The van der Waals surface area contributed by atoms with Crippen molar-refractivity contribution in [2.45, 2.75) is 18.4 Å². The highest BCUT2D eigenvalue weighted by Crippen LogP contribution is 2.41. The van der Waals surface area contributed by atoms with Crippen LogP contribution in [0.15, 0.2) is 67.1 Å². The first-order valence-electron chi connectivity index (χ1n) is 12.1. The van der Waals surface area contributed by atoms with E-state index in [2.05, 4.69) is 30.3 Å². The quantitative estimate of drug-likeness (QED) is 0.177. The fourth-order valence-electron chi connectivity index (χ4n) is 4.97. The summed E-state index contributed by atoms with van der Waals surface area (Å²) in [6.45, 7) is 0. The zero-order chi connectivity index (χ0) is 28.0. The number of pyridine rings is 1. The van der Waals surface area contributed by atoms with Gasteiger partial charge in [-0.2, -0.15) is 0 Å². The first kappa shape index (κ1) is 25.8. The standard InChI is InChI=1S/C27H21Cl2N7O4/c1-40-26(37)31-19-5-2-15(3-6-19)21-12-30-25(32-21)27(38)9-8-16-10-17(13-36(39)24(16)27)20-11-18(28)4-7-22(20)35-14-23(29)33-34-35/h2-7,10-14,38H,8-9H2,1H3,(H2-,30,31,32,33,34,37,39)/p+1/t27-/m0/s1. The Hall–Kier alpha value is -4.45. The van der Waals surface area contributed by atoms with Gasteiger partial charge in [0.2, 0.25) is 11.8 Å². The Morgan fingerprint density at radius 1 is 1.18 bits per heavy atom. The molecule has 0 bridgehead atoms. The molecule has 202 valence electrons. The third kappa shape index (κ3) is 4.53. The van der Waals surface area contributed by atoms with Crippen molar-refractivity contribution >= 4 is 35.0 Å². The molecule has 0 fully saturated rings. The molecule has 13 heteroatoms. The van der Waals surface area contributed by atoms with Gasteiger partial charge in [-0.05, 0) is 54.8 Å². The maximum absolute atomic E-state index is 11.8. The molecule has 11 nitrogen and oxygen atoms in total. The lowest BCUT2D eigenvalue weighted by Crippen LogP contribution is -2.44. The Labute approximate surface area is 237 Å². The number of aliphatic hydroxyl groups is 1. The predicted molar refractivity (Wildman–Crippen MR) is 146 cm³/mol. The van der Waals surface area contributed by atoms with E-state index in [-0.39, 0.29) is 5.15 Å². The molecule has 0 aliphatic heterocycles. The lowest BCUT2D eigenvalue weighted by molar-refractivity contribution is -0.912. The zero-order valence-electron chi connectivity index (χ0n) is 21.0. The van der Waals surface area contributed by atoms with Crippen LogP contribution in [0.3, 0.4) is 0 Å². The van der Waals surface area contributed by atoms with Gasteiger partial charge in [0, 0.05) is 26.6 Å². The highest BCUT2D eigenvalue weighted by molar-refractivity contribution is 6.31. The average molecular weight is 579 g/mol. The third-order valence-electron chi connectivity index (χ3n) is 6.85. The predicted octanol–water partition coefficient (Wildman–Crippen LogP) is 4.52. The lowest BCUT2D eigenvalue weighted by atomic mass is 9.98. The number of methoxy groups -OCH3 is 1. The minimum atomic E-state index is -1.55. The van der Waals surface area contributed by atoms with E-state index in [4.69, 9.17) is 23.2 Å². The van der Waals surface area contributed by atoms with Gasteiger partial charge in [-0.1, -0.05) is 40.5 Å². The van der Waals surface area contributed by atoms with Crippen LogP contribution in [0.2, 0.25) is 10.2 Å². The number of carbonyl (C=O) groups excluding carboxylic acids is 1. The Morgan fingerprint density at radius 3 is 2.70 bits per heavy atom. The molecular weight excluding hydrogens is 557 g/mol. The highest BCUT2D eigenvalue weighted by Gasteiger charge is 2.50. The van der Waals surface area contributed by atoms with Crippen LogP contribution in [0.4, 0.5) is 10.5 Å². The fourth-order valence-corrected chi connectivity index (χ4v) is 5.27. The van der Waals surface area contributed by atoms with Gasteiger partial charge in [0.05, 0.1) is 36.4 Å². The van der Waals surface area contributed by atoms with Crippen molar-refractivity contribution in [1.82, 2.24) is 25.0 Å². The van der Waals surface area contributed by atoms with Gasteiger partial charge in [-0.15, -0.1) is 5.10 Å². The number of aryl methyl sites for hydroxylation is 1. The number of fused-ring (bicyclic) bond motifs is 1. The van der Waals surface area contributed by atoms with Crippen molar-refractivity contribution in [3.63, 3.8) is 0 Å². The van der Waals surface area contributed by atoms with Crippen molar-refractivity contribution < 1.29 is 24.6 Å². The van der Waals surface area contributed by atoms with E-state index in [1.165, 1.54) is 18.0 Å². The number of imidazole rings is 1. The molecule has 5 aromatic rings. The van der Waals surface area contributed by atoms with Crippen molar-refractivity contribution in [2.24, 2.45) is 0 Å². The van der Waals surface area contributed by atoms with E-state index in [9.17, 15) is 15.1 Å². The molecular formula is C27H22Cl2N7O4+. The average Bonchev–Trinajstić information content (AvgIpc) is 3.69. The molecule has 0 saturated carbocycles. The molecule has 1 atom stereocenters. The SMILES string of the molecule is COC(=O)Nc1ccc(-c2cnc([C@]3(O)CCc4cc(-c5cc(Cl)ccc5-n5cc(Cl)nn5)c[n+](O)c43)[nH]2)cc1. The number of aromatic amines is 1. The van der Waals surface area contributed by atoms with E-state index in [1.807, 2.05) is 6.07 Å². The van der Waals surface area contributed by atoms with Crippen LogP contribution < -0.4 is 10.0 Å². The minimum absolute atomic E-state index is 0.240. The number of nitrogens with zero attached hydrogens (tertiary/aromatic N) is 5. The molecule has 3 aromatic heterocycles. The maximum atomic E-state index is 11.8. The molecule has 3 heterocycles. The van der Waals surface area contributed by atoms with Gasteiger partial charge in [0.15, 0.2) is 5.15 Å². The first-order chi connectivity index (χ1) is 19.2. The summed E-state index contributed by atoms with van der Waals surface area (Å²) >= 11 is 12.3. The van der Waals surface area contributed by atoms with Crippen LogP contribution in [-0.2, 0) is 16.8 Å². The summed E-state index contributed by atoms with van der Waals surface area (Å²) < 4.78 is 7.08. The van der Waals surface area contributed by atoms with Gasteiger partial charge < -0.3 is 14.8 Å². The Kier molecular flexibility index (Phi) is 6.41. The van der Waals surface area contributed by atoms with E-state index in [0.717, 1.165) is 15.9 Å². The molecule has 1 aliphatic carbocycles. The monoisotopic (exact) mass is 578 g/mol. The summed E-state index contributed by atoms with van der Waals surface area (Å²) in [6, 6.07) is 14.3. The number of hydrogen-bond donors (Lipinski definition) is 4. The summed E-state index contributed by atoms with van der Waals surface area (Å²) in [5.74, 6) is 0.300. The fraction of sp³-hybridized carbons (Fsp3) is 0.148. The second-order valence-corrected chi connectivity index (χ2v) is 10.1. The number of benzene rings is 2. The van der Waals surface area contributed by atoms with Crippen LogP contribution in [0, 0.1) is 0 Å². The second-order valence-electron chi connectivity index (χ2n) is 9.29. The zero-order valence-corrected chi connectivity index (χ0v) is 22.5. The van der Waals surface area contributed by atoms with Crippen molar-refractivity contribution in [1.29, 1.82) is 0 Å². The van der Waals surface area contributed by atoms with Crippen molar-refractivity contribution in [2.75, 3.05) is 12.4 Å². The highest BCUT2D eigenvalue weighted by atomic mass is 35.5. The Bertz CT molecular complexity index is 1750. The van der Waals surface area contributed by atoms with Gasteiger partial charge in [0.25, 0.3) is 5.69 Å². The van der Waals surface area contributed by atoms with Gasteiger partial charge in [-0.3, -0.25) is 10.5 Å². The van der Waals surface area contributed by atoms with Crippen LogP contribution in [-0.4, -0.2) is 48.5 Å². The first-order valence-corrected chi connectivity index (χ1v) is 12.9. The molecule has 0 spiro atoms. The van der Waals surface area contributed by atoms with Gasteiger partial charge in [-0.25, -0.2) is 14.5 Å². The van der Waals surface area contributed by atoms with Gasteiger partial charge >= 0.3 is 6.09 Å². The Morgan fingerprint density at radius 2 is 1.98 bits per heavy atom. The van der Waals surface area contributed by atoms with Crippen molar-refractivity contribution in [3.05, 3.63) is 94.4 Å².